The highest BCUT2D eigenvalue weighted by molar-refractivity contribution is 5.98. The number of benzene rings is 3. The molecule has 2 atom stereocenters. The van der Waals surface area contributed by atoms with Gasteiger partial charge >= 0.3 is 6.09 Å². The van der Waals surface area contributed by atoms with Gasteiger partial charge in [0.25, 0.3) is 0 Å². The number of nitrogens with zero attached hydrogens (tertiary/aromatic N) is 2. The number of amides is 1. The number of ether oxygens (including phenoxy) is 2. The van der Waals surface area contributed by atoms with Gasteiger partial charge in [0.2, 0.25) is 0 Å². The van der Waals surface area contributed by atoms with Crippen molar-refractivity contribution >= 4 is 28.9 Å². The minimum absolute atomic E-state index is 0.0179. The monoisotopic (exact) mass is 536 g/mol. The number of carbonyl (C=O) groups is 1. The molecular weight excluding hydrogens is 507 g/mol. The number of fused-ring (bicyclic) bond motifs is 4. The fraction of sp³-hybridized carbons (Fsp3) is 0.250. The predicted molar refractivity (Wildman–Crippen MR) is 151 cm³/mol. The van der Waals surface area contributed by atoms with Crippen molar-refractivity contribution in [2.24, 2.45) is 5.92 Å². The predicted octanol–water partition coefficient (Wildman–Crippen LogP) is 6.28. The highest BCUT2D eigenvalue weighted by atomic mass is 19.1. The molecule has 3 aliphatic rings. The van der Waals surface area contributed by atoms with Crippen LogP contribution < -0.4 is 5.73 Å². The van der Waals surface area contributed by atoms with E-state index in [1.165, 1.54) is 23.9 Å². The molecule has 0 bridgehead atoms. The quantitative estimate of drug-likeness (QED) is 0.237. The van der Waals surface area contributed by atoms with Crippen molar-refractivity contribution in [2.75, 3.05) is 18.9 Å². The molecule has 0 saturated heterocycles. The van der Waals surface area contributed by atoms with E-state index >= 15 is 0 Å². The van der Waals surface area contributed by atoms with Crippen molar-refractivity contribution in [1.82, 2.24) is 9.47 Å². The van der Waals surface area contributed by atoms with Gasteiger partial charge < -0.3 is 25.2 Å². The molecule has 0 radical (unpaired) electrons. The standard InChI is InChI=1S/C32H29FN4O3/c33-22-6-8-23(9-7-22)37-28-15-21(17-34)27(35)16-25(28)26-14-20-10-12-36(31-29(20)24(30(26)37)11-13-39-31)32(38)40-18-19-4-2-1-3-5-19/h1-9,15-17,20,24,34H,10-14,18,35H2. The molecule has 0 fully saturated rings. The Morgan fingerprint density at radius 3 is 2.70 bits per heavy atom. The number of halogens is 1. The van der Waals surface area contributed by atoms with Crippen LogP contribution in [0, 0.1) is 17.1 Å². The molecule has 7 nitrogen and oxygen atoms in total. The molecule has 3 N–H and O–H groups in total. The van der Waals surface area contributed by atoms with Crippen molar-refractivity contribution in [3.05, 3.63) is 106 Å². The van der Waals surface area contributed by atoms with Gasteiger partial charge in [0.1, 0.15) is 12.4 Å². The Morgan fingerprint density at radius 1 is 1.12 bits per heavy atom. The van der Waals surface area contributed by atoms with E-state index in [1.54, 1.807) is 17.0 Å². The molecule has 8 heteroatoms. The first-order valence-electron chi connectivity index (χ1n) is 13.6. The van der Waals surface area contributed by atoms with Gasteiger partial charge in [-0.25, -0.2) is 14.1 Å². The number of anilines is 1. The number of nitrogens with one attached hydrogen (secondary N) is 1. The van der Waals surface area contributed by atoms with Crippen LogP contribution in [0.25, 0.3) is 16.6 Å². The Labute approximate surface area is 231 Å². The third-order valence-corrected chi connectivity index (χ3v) is 8.42. The van der Waals surface area contributed by atoms with Crippen molar-refractivity contribution in [3.63, 3.8) is 0 Å². The van der Waals surface area contributed by atoms with E-state index in [1.807, 2.05) is 42.5 Å². The molecule has 7 rings (SSSR count). The van der Waals surface area contributed by atoms with Crippen LogP contribution >= 0.6 is 0 Å². The maximum atomic E-state index is 13.9. The van der Waals surface area contributed by atoms with Crippen LogP contribution in [0.15, 0.2) is 78.2 Å². The van der Waals surface area contributed by atoms with Gasteiger partial charge in [-0.1, -0.05) is 30.3 Å². The Hall–Kier alpha value is -4.59. The van der Waals surface area contributed by atoms with Gasteiger partial charge in [-0.3, -0.25) is 0 Å². The van der Waals surface area contributed by atoms with Gasteiger partial charge in [0.15, 0.2) is 5.88 Å². The highest BCUT2D eigenvalue weighted by Crippen LogP contribution is 2.52. The normalized spacial score (nSPS) is 19.6. The fourth-order valence-corrected chi connectivity index (χ4v) is 6.63. The maximum absolute atomic E-state index is 13.9. The van der Waals surface area contributed by atoms with Crippen LogP contribution in [-0.2, 0) is 22.5 Å². The largest absolute Gasteiger partial charge is 0.479 e. The van der Waals surface area contributed by atoms with Crippen molar-refractivity contribution in [2.45, 2.75) is 31.8 Å². The van der Waals surface area contributed by atoms with Crippen molar-refractivity contribution in [1.29, 1.82) is 5.41 Å². The molecule has 3 aromatic carbocycles. The fourth-order valence-electron chi connectivity index (χ4n) is 6.63. The number of aromatic nitrogens is 1. The van der Waals surface area contributed by atoms with Crippen LogP contribution in [0.2, 0.25) is 0 Å². The summed E-state index contributed by atoms with van der Waals surface area (Å²) in [5, 5.41) is 8.94. The lowest BCUT2D eigenvalue weighted by atomic mass is 9.71. The van der Waals surface area contributed by atoms with Crippen LogP contribution in [0.5, 0.6) is 0 Å². The van der Waals surface area contributed by atoms with Gasteiger partial charge in [-0.2, -0.15) is 0 Å². The second kappa shape index (κ2) is 9.55. The zero-order valence-electron chi connectivity index (χ0n) is 21.9. The van der Waals surface area contributed by atoms with Crippen LogP contribution in [0.3, 0.4) is 0 Å². The summed E-state index contributed by atoms with van der Waals surface area (Å²) in [6.45, 7) is 1.19. The number of carbonyl (C=O) groups excluding carboxylic acids is 1. The summed E-state index contributed by atoms with van der Waals surface area (Å²) in [6, 6.07) is 20.1. The van der Waals surface area contributed by atoms with E-state index < -0.39 is 6.09 Å². The zero-order chi connectivity index (χ0) is 27.4. The maximum Gasteiger partial charge on any atom is 0.416 e. The Kier molecular flexibility index (Phi) is 5.84. The van der Waals surface area contributed by atoms with E-state index in [0.29, 0.717) is 30.3 Å². The van der Waals surface area contributed by atoms with Crippen LogP contribution in [0.4, 0.5) is 14.9 Å². The molecule has 1 amide bonds. The van der Waals surface area contributed by atoms with Gasteiger partial charge in [-0.05, 0) is 72.7 Å². The first-order chi connectivity index (χ1) is 19.5. The van der Waals surface area contributed by atoms with Gasteiger partial charge in [0.05, 0.1) is 12.1 Å². The minimum atomic E-state index is -0.404. The Bertz CT molecular complexity index is 1680. The molecule has 4 aromatic rings. The smallest absolute Gasteiger partial charge is 0.416 e. The van der Waals surface area contributed by atoms with E-state index in [4.69, 9.17) is 20.6 Å². The summed E-state index contributed by atoms with van der Waals surface area (Å²) in [4.78, 5) is 14.9. The van der Waals surface area contributed by atoms with E-state index in [-0.39, 0.29) is 24.3 Å². The number of hydrogen-bond acceptors (Lipinski definition) is 5. The summed E-state index contributed by atoms with van der Waals surface area (Å²) < 4.78 is 28.0. The first kappa shape index (κ1) is 24.5. The number of nitrogens with two attached hydrogens (primary N) is 1. The summed E-state index contributed by atoms with van der Waals surface area (Å²) in [5.74, 6) is 0.560. The summed E-state index contributed by atoms with van der Waals surface area (Å²) >= 11 is 0. The van der Waals surface area contributed by atoms with Crippen molar-refractivity contribution < 1.29 is 18.7 Å². The summed E-state index contributed by atoms with van der Waals surface area (Å²) in [6.07, 6.45) is 3.22. The van der Waals surface area contributed by atoms with Crippen LogP contribution in [-0.4, -0.2) is 34.9 Å². The zero-order valence-corrected chi connectivity index (χ0v) is 21.9. The van der Waals surface area contributed by atoms with Gasteiger partial charge in [0, 0.05) is 52.3 Å². The molecule has 2 aliphatic heterocycles. The first-order valence-corrected chi connectivity index (χ1v) is 13.6. The van der Waals surface area contributed by atoms with E-state index in [9.17, 15) is 9.18 Å². The summed E-state index contributed by atoms with van der Waals surface area (Å²) in [5.41, 5.74) is 13.7. The molecule has 0 spiro atoms. The van der Waals surface area contributed by atoms with Crippen LogP contribution in [0.1, 0.15) is 41.1 Å². The lowest BCUT2D eigenvalue weighted by Crippen LogP contribution is -2.44. The molecule has 1 aliphatic carbocycles. The Morgan fingerprint density at radius 2 is 1.93 bits per heavy atom. The second-order valence-electron chi connectivity index (χ2n) is 10.6. The number of rotatable bonds is 4. The molecule has 1 aromatic heterocycles. The Balaban J connectivity index is 1.35. The third-order valence-electron chi connectivity index (χ3n) is 8.42. The number of allylic oxidation sites excluding steroid dienone is 1. The second-order valence-corrected chi connectivity index (χ2v) is 10.6. The van der Waals surface area contributed by atoms with E-state index in [2.05, 4.69) is 4.57 Å². The average Bonchev–Trinajstić information content (AvgIpc) is 3.29. The topological polar surface area (TPSA) is 93.6 Å². The van der Waals surface area contributed by atoms with E-state index in [0.717, 1.165) is 52.7 Å². The van der Waals surface area contributed by atoms with Crippen molar-refractivity contribution in [3.8, 4) is 5.69 Å². The lowest BCUT2D eigenvalue weighted by Gasteiger charge is -2.44. The molecule has 40 heavy (non-hydrogen) atoms. The summed E-state index contributed by atoms with van der Waals surface area (Å²) in [7, 11) is 0. The molecule has 3 heterocycles. The number of hydrogen-bond donors (Lipinski definition) is 2. The highest BCUT2D eigenvalue weighted by Gasteiger charge is 2.45. The average molecular weight is 537 g/mol. The molecule has 202 valence electrons. The third kappa shape index (κ3) is 3.86. The minimum Gasteiger partial charge on any atom is -0.479 e. The molecule has 0 saturated carbocycles. The van der Waals surface area contributed by atoms with Gasteiger partial charge in [-0.15, -0.1) is 0 Å². The lowest BCUT2D eigenvalue weighted by molar-refractivity contribution is 0.0414. The molecular formula is C32H29FN4O3. The SMILES string of the molecule is N=Cc1cc2c(cc1N)c1c(n2-c2ccc(F)cc2)C2CCOC3=C2C(CCN3C(=O)OCc2ccccc2)C1. The molecule has 2 unspecified atom stereocenters. The number of nitrogen functional groups attached to an aromatic ring is 1.